The summed E-state index contributed by atoms with van der Waals surface area (Å²) in [5, 5.41) is 0.759. The number of H-pyrrole nitrogens is 1. The van der Waals surface area contributed by atoms with E-state index in [2.05, 4.69) is 42.9 Å². The number of aromatic amines is 1. The summed E-state index contributed by atoms with van der Waals surface area (Å²) >= 11 is 0. The van der Waals surface area contributed by atoms with Gasteiger partial charge in [0.15, 0.2) is 0 Å². The summed E-state index contributed by atoms with van der Waals surface area (Å²) in [6.07, 6.45) is 5.01. The first-order valence-corrected chi connectivity index (χ1v) is 12.9. The number of fused-ring (bicyclic) bond motifs is 1. The summed E-state index contributed by atoms with van der Waals surface area (Å²) in [5.41, 5.74) is 3.38. The molecule has 1 aromatic carbocycles. The summed E-state index contributed by atoms with van der Waals surface area (Å²) in [4.78, 5) is 5.97. The fraction of sp³-hybridized carbons (Fsp3) is 0.667. The molecule has 6 heteroatoms. The number of hydrogen-bond acceptors (Lipinski definition) is 3. The van der Waals surface area contributed by atoms with Crippen molar-refractivity contribution >= 4 is 26.6 Å². The summed E-state index contributed by atoms with van der Waals surface area (Å²) < 4.78 is 28.0. The normalized spacial score (nSPS) is 18.3. The van der Waals surface area contributed by atoms with Crippen molar-refractivity contribution in [2.45, 2.75) is 90.5 Å². The van der Waals surface area contributed by atoms with Crippen LogP contribution in [0.5, 0.6) is 0 Å². The van der Waals surface area contributed by atoms with E-state index in [4.69, 9.17) is 0 Å². The van der Waals surface area contributed by atoms with Crippen LogP contribution in [0, 0.1) is 0 Å². The van der Waals surface area contributed by atoms with Gasteiger partial charge >= 0.3 is 0 Å². The highest BCUT2D eigenvalue weighted by Gasteiger charge is 2.32. The van der Waals surface area contributed by atoms with Gasteiger partial charge in [0.05, 0.1) is 10.9 Å². The van der Waals surface area contributed by atoms with E-state index in [1.807, 2.05) is 32.9 Å². The minimum atomic E-state index is -3.40. The van der Waals surface area contributed by atoms with Crippen LogP contribution in [-0.2, 0) is 10.0 Å². The molecule has 2 heterocycles. The number of aromatic nitrogens is 1. The molecule has 1 aliphatic heterocycles. The van der Waals surface area contributed by atoms with Crippen LogP contribution < -0.4 is 4.31 Å². The molecule has 1 atom stereocenters. The Labute approximate surface area is 182 Å². The molecule has 1 saturated heterocycles. The number of anilines is 1. The van der Waals surface area contributed by atoms with E-state index in [1.165, 1.54) is 5.56 Å². The molecule has 3 rings (SSSR count). The maximum atomic E-state index is 13.2. The average molecular weight is 434 g/mol. The first-order chi connectivity index (χ1) is 14.0. The molecular formula is C24H39N3O2S. The molecule has 5 nitrogen and oxygen atoms in total. The lowest BCUT2D eigenvalue weighted by molar-refractivity contribution is 0.102. The topological polar surface area (TPSA) is 56.4 Å². The first-order valence-electron chi connectivity index (χ1n) is 11.4. The summed E-state index contributed by atoms with van der Waals surface area (Å²) in [5.74, 6) is 0.506. The van der Waals surface area contributed by atoms with Crippen molar-refractivity contribution in [3.05, 3.63) is 30.0 Å². The van der Waals surface area contributed by atoms with E-state index in [0.717, 1.165) is 42.5 Å². The highest BCUT2D eigenvalue weighted by atomic mass is 32.2. The van der Waals surface area contributed by atoms with Gasteiger partial charge in [0, 0.05) is 28.7 Å². The molecule has 1 N–H and O–H groups in total. The molecule has 1 aromatic heterocycles. The van der Waals surface area contributed by atoms with Crippen LogP contribution in [0.25, 0.3) is 10.9 Å². The molecule has 0 spiro atoms. The zero-order valence-corrected chi connectivity index (χ0v) is 20.5. The SMILES string of the molecule is CCC(C)S(=O)(=O)N(c1ccc2[nH]cc(C3CCN(C(C)(C)C)CC3)c2c1)C(C)C. The Hall–Kier alpha value is -1.53. The van der Waals surface area contributed by atoms with Crippen molar-refractivity contribution in [3.8, 4) is 0 Å². The molecule has 0 aliphatic carbocycles. The van der Waals surface area contributed by atoms with E-state index >= 15 is 0 Å². The predicted molar refractivity (Wildman–Crippen MR) is 128 cm³/mol. The van der Waals surface area contributed by atoms with Crippen LogP contribution >= 0.6 is 0 Å². The number of benzene rings is 1. The Morgan fingerprint density at radius 3 is 2.33 bits per heavy atom. The van der Waals surface area contributed by atoms with Crippen molar-refractivity contribution in [2.24, 2.45) is 0 Å². The van der Waals surface area contributed by atoms with Gasteiger partial charge in [-0.3, -0.25) is 9.21 Å². The number of likely N-dealkylation sites (tertiary alicyclic amines) is 1. The third-order valence-electron chi connectivity index (χ3n) is 6.66. The zero-order chi connectivity index (χ0) is 22.3. The van der Waals surface area contributed by atoms with Crippen LogP contribution in [0.1, 0.15) is 79.2 Å². The van der Waals surface area contributed by atoms with Gasteiger partial charge in [-0.15, -0.1) is 0 Å². The minimum absolute atomic E-state index is 0.126. The Kier molecular flexibility index (Phi) is 6.59. The van der Waals surface area contributed by atoms with Gasteiger partial charge in [-0.2, -0.15) is 0 Å². The Morgan fingerprint density at radius 2 is 1.80 bits per heavy atom. The highest BCUT2D eigenvalue weighted by molar-refractivity contribution is 7.93. The Bertz CT molecular complexity index is 964. The second kappa shape index (κ2) is 8.54. The molecule has 1 aliphatic rings. The number of rotatable bonds is 6. The zero-order valence-electron chi connectivity index (χ0n) is 19.7. The maximum absolute atomic E-state index is 13.2. The van der Waals surface area contributed by atoms with Gasteiger partial charge in [-0.25, -0.2) is 8.42 Å². The van der Waals surface area contributed by atoms with Crippen LogP contribution in [0.4, 0.5) is 5.69 Å². The number of hydrogen-bond donors (Lipinski definition) is 1. The molecule has 0 amide bonds. The molecule has 1 unspecified atom stereocenters. The van der Waals surface area contributed by atoms with E-state index in [0.29, 0.717) is 12.3 Å². The van der Waals surface area contributed by atoms with Crippen molar-refractivity contribution < 1.29 is 8.42 Å². The van der Waals surface area contributed by atoms with E-state index in [-0.39, 0.29) is 11.6 Å². The third-order valence-corrected chi connectivity index (χ3v) is 9.19. The van der Waals surface area contributed by atoms with Crippen molar-refractivity contribution in [3.63, 3.8) is 0 Å². The van der Waals surface area contributed by atoms with Gasteiger partial charge in [0.25, 0.3) is 0 Å². The van der Waals surface area contributed by atoms with Crippen molar-refractivity contribution in [1.29, 1.82) is 0 Å². The quantitative estimate of drug-likeness (QED) is 0.655. The number of sulfonamides is 1. The summed E-state index contributed by atoms with van der Waals surface area (Å²) in [6.45, 7) is 16.7. The lowest BCUT2D eigenvalue weighted by atomic mass is 9.87. The lowest BCUT2D eigenvalue weighted by Crippen LogP contribution is -2.45. The van der Waals surface area contributed by atoms with Gasteiger partial charge in [-0.05, 0) is 104 Å². The fourth-order valence-corrected chi connectivity index (χ4v) is 6.41. The maximum Gasteiger partial charge on any atom is 0.237 e. The number of piperidine rings is 1. The molecular weight excluding hydrogens is 394 g/mol. The van der Waals surface area contributed by atoms with Crippen LogP contribution in [0.3, 0.4) is 0 Å². The molecule has 2 aromatic rings. The van der Waals surface area contributed by atoms with Crippen LogP contribution in [0.15, 0.2) is 24.4 Å². The van der Waals surface area contributed by atoms with Crippen LogP contribution in [0.2, 0.25) is 0 Å². The lowest BCUT2D eigenvalue weighted by Gasteiger charge is -2.41. The summed E-state index contributed by atoms with van der Waals surface area (Å²) in [7, 11) is -3.40. The second-order valence-electron chi connectivity index (χ2n) is 10.1. The van der Waals surface area contributed by atoms with Gasteiger partial charge in [-0.1, -0.05) is 6.92 Å². The Morgan fingerprint density at radius 1 is 1.17 bits per heavy atom. The van der Waals surface area contributed by atoms with Gasteiger partial charge < -0.3 is 4.98 Å². The smallest absolute Gasteiger partial charge is 0.237 e. The van der Waals surface area contributed by atoms with Crippen LogP contribution in [-0.4, -0.2) is 48.2 Å². The molecule has 0 radical (unpaired) electrons. The molecule has 0 bridgehead atoms. The van der Waals surface area contributed by atoms with Gasteiger partial charge in [0.2, 0.25) is 10.0 Å². The average Bonchev–Trinajstić information content (AvgIpc) is 3.09. The van der Waals surface area contributed by atoms with E-state index in [9.17, 15) is 8.42 Å². The Balaban J connectivity index is 1.95. The number of nitrogens with one attached hydrogen (secondary N) is 1. The first kappa shape index (κ1) is 23.1. The van der Waals surface area contributed by atoms with Gasteiger partial charge in [0.1, 0.15) is 0 Å². The molecule has 0 saturated carbocycles. The fourth-order valence-electron chi connectivity index (χ4n) is 4.61. The summed E-state index contributed by atoms with van der Waals surface area (Å²) in [6, 6.07) is 5.92. The monoisotopic (exact) mass is 433 g/mol. The van der Waals surface area contributed by atoms with E-state index in [1.54, 1.807) is 11.2 Å². The second-order valence-corrected chi connectivity index (χ2v) is 12.3. The minimum Gasteiger partial charge on any atom is -0.361 e. The van der Waals surface area contributed by atoms with E-state index < -0.39 is 15.3 Å². The highest BCUT2D eigenvalue weighted by Crippen LogP contribution is 2.37. The largest absolute Gasteiger partial charge is 0.361 e. The number of nitrogens with zero attached hydrogens (tertiary/aromatic N) is 2. The molecule has 1 fully saturated rings. The standard InChI is InChI=1S/C24H39N3O2S/c1-8-18(4)30(28,29)27(17(2)3)20-9-10-23-21(15-20)22(16-25-23)19-11-13-26(14-12-19)24(5,6)7/h9-10,15-19,25H,8,11-14H2,1-7H3. The van der Waals surface area contributed by atoms with Crippen molar-refractivity contribution in [1.82, 2.24) is 9.88 Å². The third kappa shape index (κ3) is 4.40. The predicted octanol–water partition coefficient (Wildman–Crippen LogP) is 5.49. The van der Waals surface area contributed by atoms with Crippen molar-refractivity contribution in [2.75, 3.05) is 17.4 Å². The molecule has 30 heavy (non-hydrogen) atoms. The molecule has 168 valence electrons.